The molecule has 1 aliphatic heterocycles. The zero-order valence-corrected chi connectivity index (χ0v) is 17.3. The number of hydrogen-bond acceptors (Lipinski definition) is 7. The van der Waals surface area contributed by atoms with Crippen molar-refractivity contribution in [2.45, 2.75) is 13.0 Å². The van der Waals surface area contributed by atoms with E-state index >= 15 is 0 Å². The molecule has 0 fully saturated rings. The molecular weight excluding hydrogens is 412 g/mol. The van der Waals surface area contributed by atoms with Crippen molar-refractivity contribution in [2.24, 2.45) is 0 Å². The highest BCUT2D eigenvalue weighted by Crippen LogP contribution is 2.36. The first-order valence-electron chi connectivity index (χ1n) is 8.76. The summed E-state index contributed by atoms with van der Waals surface area (Å²) >= 11 is 1.23. The average molecular weight is 431 g/mol. The van der Waals surface area contributed by atoms with Gasteiger partial charge in [0.05, 0.1) is 18.5 Å². The summed E-state index contributed by atoms with van der Waals surface area (Å²) < 4.78 is 31.5. The number of nitrogens with zero attached hydrogens (tertiary/aromatic N) is 3. The molecule has 1 aromatic heterocycles. The highest BCUT2D eigenvalue weighted by Gasteiger charge is 2.35. The van der Waals surface area contributed by atoms with Gasteiger partial charge < -0.3 is 4.74 Å². The number of carbonyl (C=O) groups excluding carboxylic acids is 1. The fraction of sp³-hybridized carbons (Fsp3) is 0.211. The minimum absolute atomic E-state index is 0.120. The number of benzene rings is 2. The van der Waals surface area contributed by atoms with Gasteiger partial charge in [0.25, 0.3) is 5.91 Å². The lowest BCUT2D eigenvalue weighted by Crippen LogP contribution is -2.48. The van der Waals surface area contributed by atoms with Crippen molar-refractivity contribution in [3.8, 4) is 16.3 Å². The van der Waals surface area contributed by atoms with Crippen LogP contribution >= 0.6 is 11.3 Å². The third kappa shape index (κ3) is 4.08. The van der Waals surface area contributed by atoms with Gasteiger partial charge in [-0.2, -0.15) is 0 Å². The largest absolute Gasteiger partial charge is 0.476 e. The number of carbonyl (C=O) groups is 1. The van der Waals surface area contributed by atoms with Crippen LogP contribution in [0.5, 0.6) is 5.75 Å². The molecule has 1 N–H and O–H groups in total. The summed E-state index contributed by atoms with van der Waals surface area (Å²) in [4.78, 5) is 12.8. The Morgan fingerprint density at radius 2 is 1.97 bits per heavy atom. The molecule has 1 amide bonds. The van der Waals surface area contributed by atoms with Gasteiger partial charge >= 0.3 is 0 Å². The molecule has 150 valence electrons. The number of amides is 1. The van der Waals surface area contributed by atoms with Crippen molar-refractivity contribution < 1.29 is 17.9 Å². The molecule has 0 spiro atoms. The first-order valence-corrected chi connectivity index (χ1v) is 11.4. The van der Waals surface area contributed by atoms with Gasteiger partial charge in [0.15, 0.2) is 6.10 Å². The van der Waals surface area contributed by atoms with Crippen LogP contribution in [0.3, 0.4) is 0 Å². The average Bonchev–Trinajstić information content (AvgIpc) is 3.15. The van der Waals surface area contributed by atoms with E-state index in [9.17, 15) is 13.2 Å². The summed E-state index contributed by atoms with van der Waals surface area (Å²) in [6.07, 6.45) is 0.0939. The lowest BCUT2D eigenvalue weighted by Gasteiger charge is -2.33. The molecule has 0 saturated carbocycles. The lowest BCUT2D eigenvalue weighted by atomic mass is 10.1. The second kappa shape index (κ2) is 7.45. The van der Waals surface area contributed by atoms with E-state index in [1.54, 1.807) is 18.2 Å². The second-order valence-corrected chi connectivity index (χ2v) is 9.52. The number of ether oxygens (including phenoxy) is 1. The second-order valence-electron chi connectivity index (χ2n) is 6.64. The Morgan fingerprint density at radius 3 is 2.69 bits per heavy atom. The summed E-state index contributed by atoms with van der Waals surface area (Å²) in [6, 6.07) is 14.7. The molecule has 0 aliphatic carbocycles. The van der Waals surface area contributed by atoms with E-state index < -0.39 is 22.0 Å². The van der Waals surface area contributed by atoms with E-state index in [1.807, 2.05) is 37.3 Å². The van der Waals surface area contributed by atoms with Gasteiger partial charge in [-0.1, -0.05) is 47.7 Å². The molecule has 0 unspecified atom stereocenters. The van der Waals surface area contributed by atoms with E-state index in [4.69, 9.17) is 4.74 Å². The summed E-state index contributed by atoms with van der Waals surface area (Å²) in [7, 11) is -3.58. The first-order chi connectivity index (χ1) is 13.8. The third-order valence-corrected chi connectivity index (χ3v) is 6.39. The molecule has 1 aliphatic rings. The lowest BCUT2D eigenvalue weighted by molar-refractivity contribution is -0.122. The molecule has 4 rings (SSSR count). The van der Waals surface area contributed by atoms with Crippen molar-refractivity contribution in [2.75, 3.05) is 22.4 Å². The highest BCUT2D eigenvalue weighted by atomic mass is 32.2. The summed E-state index contributed by atoms with van der Waals surface area (Å²) in [5.41, 5.74) is 2.21. The Hall–Kier alpha value is -2.98. The van der Waals surface area contributed by atoms with Crippen molar-refractivity contribution in [1.29, 1.82) is 0 Å². The van der Waals surface area contributed by atoms with Crippen LogP contribution in [0.25, 0.3) is 10.6 Å². The van der Waals surface area contributed by atoms with Crippen LogP contribution < -0.4 is 14.4 Å². The van der Waals surface area contributed by atoms with Crippen LogP contribution in [0.1, 0.15) is 5.56 Å². The number of anilines is 2. The SMILES string of the molecule is Cc1ccc2c(c1)O[C@H](C(=O)Nc1nnc(-c3ccccc3)s1)CN2S(C)(=O)=O. The molecule has 0 bridgehead atoms. The van der Waals surface area contributed by atoms with E-state index in [-0.39, 0.29) is 6.54 Å². The maximum absolute atomic E-state index is 12.8. The number of fused-ring (bicyclic) bond motifs is 1. The van der Waals surface area contributed by atoms with Crippen LogP contribution in [0.2, 0.25) is 0 Å². The minimum atomic E-state index is -3.58. The maximum atomic E-state index is 12.8. The Labute approximate surface area is 172 Å². The zero-order chi connectivity index (χ0) is 20.6. The number of rotatable bonds is 4. The smallest absolute Gasteiger partial charge is 0.269 e. The molecule has 29 heavy (non-hydrogen) atoms. The normalized spacial score (nSPS) is 16.1. The van der Waals surface area contributed by atoms with Gasteiger partial charge in [-0.25, -0.2) is 8.42 Å². The first kappa shape index (κ1) is 19.3. The molecule has 0 saturated heterocycles. The van der Waals surface area contributed by atoms with Crippen molar-refractivity contribution in [3.63, 3.8) is 0 Å². The van der Waals surface area contributed by atoms with Crippen molar-refractivity contribution in [1.82, 2.24) is 10.2 Å². The zero-order valence-electron chi connectivity index (χ0n) is 15.7. The van der Waals surface area contributed by atoms with Gasteiger partial charge in [-0.3, -0.25) is 14.4 Å². The van der Waals surface area contributed by atoms with Gasteiger partial charge in [-0.05, 0) is 24.6 Å². The van der Waals surface area contributed by atoms with Gasteiger partial charge in [0.2, 0.25) is 15.2 Å². The molecule has 3 aromatic rings. The number of nitrogens with one attached hydrogen (secondary N) is 1. The number of hydrogen-bond donors (Lipinski definition) is 1. The highest BCUT2D eigenvalue weighted by molar-refractivity contribution is 7.92. The van der Waals surface area contributed by atoms with E-state index in [0.29, 0.717) is 21.6 Å². The number of sulfonamides is 1. The number of aryl methyl sites for hydroxylation is 1. The van der Waals surface area contributed by atoms with Gasteiger partial charge in [-0.15, -0.1) is 10.2 Å². The summed E-state index contributed by atoms with van der Waals surface area (Å²) in [5, 5.41) is 11.8. The van der Waals surface area contributed by atoms with Crippen LogP contribution in [-0.4, -0.2) is 43.4 Å². The van der Waals surface area contributed by atoms with Crippen molar-refractivity contribution >= 4 is 38.1 Å². The monoisotopic (exact) mass is 430 g/mol. The Balaban J connectivity index is 1.56. The molecule has 0 radical (unpaired) electrons. The Kier molecular flexibility index (Phi) is 4.97. The van der Waals surface area contributed by atoms with Crippen LogP contribution in [0.4, 0.5) is 10.8 Å². The van der Waals surface area contributed by atoms with Gasteiger partial charge in [0.1, 0.15) is 10.8 Å². The van der Waals surface area contributed by atoms with Crippen LogP contribution in [0, 0.1) is 6.92 Å². The van der Waals surface area contributed by atoms with Crippen LogP contribution in [-0.2, 0) is 14.8 Å². The van der Waals surface area contributed by atoms with E-state index in [2.05, 4.69) is 15.5 Å². The summed E-state index contributed by atoms with van der Waals surface area (Å²) in [5.74, 6) is -0.134. The fourth-order valence-corrected chi connectivity index (χ4v) is 4.64. The topological polar surface area (TPSA) is 101 Å². The third-order valence-electron chi connectivity index (χ3n) is 4.35. The molecular formula is C19H18N4O4S2. The van der Waals surface area contributed by atoms with Crippen LogP contribution in [0.15, 0.2) is 48.5 Å². The van der Waals surface area contributed by atoms with E-state index in [1.165, 1.54) is 15.6 Å². The van der Waals surface area contributed by atoms with E-state index in [0.717, 1.165) is 17.4 Å². The Bertz CT molecular complexity index is 1160. The summed E-state index contributed by atoms with van der Waals surface area (Å²) in [6.45, 7) is 1.75. The predicted octanol–water partition coefficient (Wildman–Crippen LogP) is 2.68. The molecule has 8 nitrogen and oxygen atoms in total. The Morgan fingerprint density at radius 1 is 1.21 bits per heavy atom. The standard InChI is InChI=1S/C19H18N4O4S2/c1-12-8-9-14-15(10-12)27-16(11-23(14)29(2,25)26)17(24)20-19-22-21-18(28-19)13-6-4-3-5-7-13/h3-10,16H,11H2,1-2H3,(H,20,22,24)/t16-/m0/s1. The molecule has 10 heteroatoms. The molecule has 2 aromatic carbocycles. The fourth-order valence-electron chi connectivity index (χ4n) is 2.97. The quantitative estimate of drug-likeness (QED) is 0.683. The molecule has 1 atom stereocenters. The van der Waals surface area contributed by atoms with Gasteiger partial charge in [0, 0.05) is 5.56 Å². The predicted molar refractivity (Wildman–Crippen MR) is 112 cm³/mol. The number of aromatic nitrogens is 2. The minimum Gasteiger partial charge on any atom is -0.476 e. The van der Waals surface area contributed by atoms with Crippen molar-refractivity contribution in [3.05, 3.63) is 54.1 Å². The maximum Gasteiger partial charge on any atom is 0.269 e. The molecule has 2 heterocycles.